The second-order valence-electron chi connectivity index (χ2n) is 3.68. The van der Waals surface area contributed by atoms with Crippen LogP contribution in [0.5, 0.6) is 0 Å². The van der Waals surface area contributed by atoms with Crippen molar-refractivity contribution >= 4 is 23.1 Å². The van der Waals surface area contributed by atoms with Gasteiger partial charge in [0.1, 0.15) is 0 Å². The summed E-state index contributed by atoms with van der Waals surface area (Å²) in [6.45, 7) is 2.83. The van der Waals surface area contributed by atoms with Crippen molar-refractivity contribution in [1.82, 2.24) is 0 Å². The first-order valence-electron chi connectivity index (χ1n) is 5.30. The van der Waals surface area contributed by atoms with Crippen molar-refractivity contribution in [3.63, 3.8) is 0 Å². The fourth-order valence-corrected chi connectivity index (χ4v) is 3.46. The topological polar surface area (TPSA) is 26.0 Å². The van der Waals surface area contributed by atoms with Crippen LogP contribution < -0.4 is 5.73 Å². The van der Waals surface area contributed by atoms with E-state index in [1.807, 2.05) is 11.8 Å². The summed E-state index contributed by atoms with van der Waals surface area (Å²) >= 11 is 3.61. The Kier molecular flexibility index (Phi) is 4.04. The normalized spacial score (nSPS) is 10.6. The number of hydrogen-bond donors (Lipinski definition) is 1. The standard InChI is InChI=1S/C13H15NS2/c1-10-4-5-12(11(9-10)6-7-14)16-13-3-2-8-15-13/h2-5,8-9H,6-7,14H2,1H3. The van der Waals surface area contributed by atoms with Crippen LogP contribution in [0.4, 0.5) is 0 Å². The first-order valence-corrected chi connectivity index (χ1v) is 7.00. The van der Waals surface area contributed by atoms with Gasteiger partial charge in [-0.2, -0.15) is 0 Å². The molecule has 0 atom stereocenters. The van der Waals surface area contributed by atoms with Gasteiger partial charge in [-0.15, -0.1) is 11.3 Å². The Morgan fingerprint density at radius 1 is 1.31 bits per heavy atom. The van der Waals surface area contributed by atoms with Crippen molar-refractivity contribution in [1.29, 1.82) is 0 Å². The Bertz CT molecular complexity index is 449. The molecule has 0 aliphatic heterocycles. The molecular weight excluding hydrogens is 234 g/mol. The molecule has 2 rings (SSSR count). The molecule has 0 saturated heterocycles. The third kappa shape index (κ3) is 2.88. The second-order valence-corrected chi connectivity index (χ2v) is 5.97. The number of benzene rings is 1. The lowest BCUT2D eigenvalue weighted by Gasteiger charge is -2.08. The number of rotatable bonds is 4. The molecule has 2 N–H and O–H groups in total. The summed E-state index contributed by atoms with van der Waals surface area (Å²) in [7, 11) is 0. The summed E-state index contributed by atoms with van der Waals surface area (Å²) in [5.41, 5.74) is 8.31. The lowest BCUT2D eigenvalue weighted by atomic mass is 10.1. The first kappa shape index (κ1) is 11.7. The predicted octanol–water partition coefficient (Wildman–Crippen LogP) is 3.71. The van der Waals surface area contributed by atoms with E-state index >= 15 is 0 Å². The summed E-state index contributed by atoms with van der Waals surface area (Å²) in [4.78, 5) is 1.33. The smallest absolute Gasteiger partial charge is 0.0646 e. The van der Waals surface area contributed by atoms with E-state index in [2.05, 4.69) is 42.6 Å². The van der Waals surface area contributed by atoms with Gasteiger partial charge in [-0.05, 0) is 43.0 Å². The molecule has 1 nitrogen and oxygen atoms in total. The Morgan fingerprint density at radius 3 is 2.88 bits per heavy atom. The monoisotopic (exact) mass is 249 g/mol. The highest BCUT2D eigenvalue weighted by molar-refractivity contribution is 8.01. The highest BCUT2D eigenvalue weighted by atomic mass is 32.2. The van der Waals surface area contributed by atoms with Crippen LogP contribution in [0, 0.1) is 6.92 Å². The molecule has 1 aromatic carbocycles. The van der Waals surface area contributed by atoms with Crippen LogP contribution >= 0.6 is 23.1 Å². The van der Waals surface area contributed by atoms with Gasteiger partial charge < -0.3 is 5.73 Å². The van der Waals surface area contributed by atoms with E-state index in [-0.39, 0.29) is 0 Å². The fraction of sp³-hybridized carbons (Fsp3) is 0.231. The van der Waals surface area contributed by atoms with Crippen molar-refractivity contribution in [2.24, 2.45) is 5.73 Å². The number of nitrogens with two attached hydrogens (primary N) is 1. The zero-order valence-electron chi connectivity index (χ0n) is 9.27. The zero-order chi connectivity index (χ0) is 11.4. The molecule has 0 saturated carbocycles. The highest BCUT2D eigenvalue weighted by Gasteiger charge is 2.04. The maximum Gasteiger partial charge on any atom is 0.0646 e. The lowest BCUT2D eigenvalue weighted by Crippen LogP contribution is -2.03. The van der Waals surface area contributed by atoms with Gasteiger partial charge in [-0.3, -0.25) is 0 Å². The average Bonchev–Trinajstić information content (AvgIpc) is 2.75. The number of aryl methyl sites for hydroxylation is 1. The van der Waals surface area contributed by atoms with E-state index in [1.165, 1.54) is 20.2 Å². The van der Waals surface area contributed by atoms with Crippen LogP contribution in [0.25, 0.3) is 0 Å². The second kappa shape index (κ2) is 5.53. The maximum atomic E-state index is 5.65. The van der Waals surface area contributed by atoms with Gasteiger partial charge in [0, 0.05) is 4.90 Å². The minimum absolute atomic E-state index is 0.710. The first-order chi connectivity index (χ1) is 7.79. The van der Waals surface area contributed by atoms with Crippen molar-refractivity contribution in [3.8, 4) is 0 Å². The van der Waals surface area contributed by atoms with E-state index < -0.39 is 0 Å². The molecule has 1 aromatic heterocycles. The molecule has 0 radical (unpaired) electrons. The quantitative estimate of drug-likeness (QED) is 0.894. The van der Waals surface area contributed by atoms with E-state index in [4.69, 9.17) is 5.73 Å². The average molecular weight is 249 g/mol. The van der Waals surface area contributed by atoms with Crippen LogP contribution in [0.2, 0.25) is 0 Å². The molecule has 0 fully saturated rings. The van der Waals surface area contributed by atoms with E-state index in [1.54, 1.807) is 11.3 Å². The molecule has 0 aliphatic rings. The molecule has 2 aromatic rings. The Morgan fingerprint density at radius 2 is 2.19 bits per heavy atom. The fourth-order valence-electron chi connectivity index (χ4n) is 1.59. The van der Waals surface area contributed by atoms with Crippen molar-refractivity contribution < 1.29 is 0 Å². The Balaban J connectivity index is 2.25. The molecule has 1 heterocycles. The van der Waals surface area contributed by atoms with Crippen LogP contribution in [0.3, 0.4) is 0 Å². The molecule has 16 heavy (non-hydrogen) atoms. The molecule has 0 amide bonds. The Hall–Kier alpha value is -0.770. The number of hydrogen-bond acceptors (Lipinski definition) is 3. The Labute approximate surface area is 105 Å². The highest BCUT2D eigenvalue weighted by Crippen LogP contribution is 2.33. The summed E-state index contributed by atoms with van der Waals surface area (Å²) in [5.74, 6) is 0. The number of thiophene rings is 1. The SMILES string of the molecule is Cc1ccc(Sc2cccs2)c(CCN)c1. The molecule has 3 heteroatoms. The summed E-state index contributed by atoms with van der Waals surface area (Å²) in [5, 5.41) is 2.11. The van der Waals surface area contributed by atoms with Gasteiger partial charge in [0.25, 0.3) is 0 Å². The van der Waals surface area contributed by atoms with Crippen LogP contribution in [-0.4, -0.2) is 6.54 Å². The minimum atomic E-state index is 0.710. The third-order valence-corrected chi connectivity index (χ3v) is 4.49. The summed E-state index contributed by atoms with van der Waals surface area (Å²) in [6.07, 6.45) is 0.954. The molecule has 0 aliphatic carbocycles. The molecule has 0 unspecified atom stereocenters. The van der Waals surface area contributed by atoms with E-state index in [0.717, 1.165) is 6.42 Å². The van der Waals surface area contributed by atoms with Gasteiger partial charge in [-0.1, -0.05) is 35.5 Å². The summed E-state index contributed by atoms with van der Waals surface area (Å²) < 4.78 is 1.34. The maximum absolute atomic E-state index is 5.65. The molecule has 0 bridgehead atoms. The zero-order valence-corrected chi connectivity index (χ0v) is 10.9. The molecule has 84 valence electrons. The van der Waals surface area contributed by atoms with Crippen LogP contribution in [0.1, 0.15) is 11.1 Å². The largest absolute Gasteiger partial charge is 0.330 e. The third-order valence-electron chi connectivity index (χ3n) is 2.34. The van der Waals surface area contributed by atoms with Crippen molar-refractivity contribution in [2.45, 2.75) is 22.4 Å². The van der Waals surface area contributed by atoms with E-state index in [9.17, 15) is 0 Å². The van der Waals surface area contributed by atoms with Crippen LogP contribution in [0.15, 0.2) is 44.8 Å². The van der Waals surface area contributed by atoms with Crippen molar-refractivity contribution in [3.05, 3.63) is 46.8 Å². The lowest BCUT2D eigenvalue weighted by molar-refractivity contribution is 0.942. The van der Waals surface area contributed by atoms with Gasteiger partial charge in [-0.25, -0.2) is 0 Å². The minimum Gasteiger partial charge on any atom is -0.330 e. The van der Waals surface area contributed by atoms with Crippen molar-refractivity contribution in [2.75, 3.05) is 6.54 Å². The van der Waals surface area contributed by atoms with Gasteiger partial charge in [0.2, 0.25) is 0 Å². The van der Waals surface area contributed by atoms with Crippen LogP contribution in [-0.2, 0) is 6.42 Å². The summed E-state index contributed by atoms with van der Waals surface area (Å²) in [6, 6.07) is 10.8. The van der Waals surface area contributed by atoms with E-state index in [0.29, 0.717) is 6.54 Å². The van der Waals surface area contributed by atoms with Gasteiger partial charge in [0.15, 0.2) is 0 Å². The molecule has 0 spiro atoms. The molecular formula is C13H15NS2. The van der Waals surface area contributed by atoms with Gasteiger partial charge >= 0.3 is 0 Å². The predicted molar refractivity (Wildman–Crippen MR) is 72.4 cm³/mol. The van der Waals surface area contributed by atoms with Gasteiger partial charge in [0.05, 0.1) is 4.21 Å².